The van der Waals surface area contributed by atoms with Crippen molar-refractivity contribution in [3.63, 3.8) is 0 Å². The van der Waals surface area contributed by atoms with Crippen molar-refractivity contribution in [2.75, 3.05) is 5.32 Å². The maximum absolute atomic E-state index is 13.5. The Hall–Kier alpha value is -4.49. The van der Waals surface area contributed by atoms with Gasteiger partial charge in [0, 0.05) is 12.0 Å². The minimum Gasteiger partial charge on any atom is -0.480 e. The van der Waals surface area contributed by atoms with Crippen molar-refractivity contribution >= 4 is 35.1 Å². The first-order valence-electron chi connectivity index (χ1n) is 13.0. The number of nitrogens with one attached hydrogen (secondary N) is 2. The molecule has 0 aliphatic heterocycles. The molecule has 0 saturated carbocycles. The van der Waals surface area contributed by atoms with E-state index in [0.717, 1.165) is 16.7 Å². The lowest BCUT2D eigenvalue weighted by molar-refractivity contribution is -0.139. The summed E-state index contributed by atoms with van der Waals surface area (Å²) in [5, 5.41) is 15.2. The molecule has 0 unspecified atom stereocenters. The first-order valence-corrected chi connectivity index (χ1v) is 13.4. The van der Waals surface area contributed by atoms with E-state index in [4.69, 9.17) is 11.6 Å². The molecule has 0 spiro atoms. The third kappa shape index (κ3) is 7.38. The van der Waals surface area contributed by atoms with Crippen LogP contribution in [0.1, 0.15) is 52.6 Å². The van der Waals surface area contributed by atoms with Crippen molar-refractivity contribution in [3.8, 4) is 11.1 Å². The van der Waals surface area contributed by atoms with Crippen LogP contribution in [0.4, 0.5) is 10.1 Å². The predicted molar refractivity (Wildman–Crippen MR) is 159 cm³/mol. The molecule has 0 aliphatic rings. The summed E-state index contributed by atoms with van der Waals surface area (Å²) in [6.45, 7) is 6.25. The highest BCUT2D eigenvalue weighted by Crippen LogP contribution is 2.26. The van der Waals surface area contributed by atoms with Gasteiger partial charge in [-0.15, -0.1) is 0 Å². The third-order valence-electron chi connectivity index (χ3n) is 6.68. The molecule has 0 aromatic heterocycles. The summed E-state index contributed by atoms with van der Waals surface area (Å²) < 4.78 is 13.5. The Labute approximate surface area is 243 Å². The van der Waals surface area contributed by atoms with Crippen LogP contribution < -0.4 is 10.6 Å². The molecule has 41 heavy (non-hydrogen) atoms. The lowest BCUT2D eigenvalue weighted by atomic mass is 9.86. The molecule has 0 fully saturated rings. The van der Waals surface area contributed by atoms with Gasteiger partial charge in [-0.1, -0.05) is 87.0 Å². The first-order chi connectivity index (χ1) is 19.4. The first kappa shape index (κ1) is 29.5. The van der Waals surface area contributed by atoms with Gasteiger partial charge in [-0.25, -0.2) is 9.18 Å². The van der Waals surface area contributed by atoms with Crippen LogP contribution in [0.25, 0.3) is 11.1 Å². The number of carboxylic acids is 1. The van der Waals surface area contributed by atoms with Gasteiger partial charge in [-0.2, -0.15) is 0 Å². The van der Waals surface area contributed by atoms with Gasteiger partial charge < -0.3 is 15.7 Å². The zero-order valence-corrected chi connectivity index (χ0v) is 23.6. The van der Waals surface area contributed by atoms with E-state index in [9.17, 15) is 23.9 Å². The largest absolute Gasteiger partial charge is 0.480 e. The van der Waals surface area contributed by atoms with Crippen LogP contribution in [-0.2, 0) is 16.6 Å². The maximum Gasteiger partial charge on any atom is 0.326 e. The van der Waals surface area contributed by atoms with E-state index in [1.807, 2.05) is 12.1 Å². The quantitative estimate of drug-likeness (QED) is 0.209. The lowest BCUT2D eigenvalue weighted by Crippen LogP contribution is -2.42. The monoisotopic (exact) mass is 572 g/mol. The van der Waals surface area contributed by atoms with Gasteiger partial charge in [0.25, 0.3) is 11.8 Å². The summed E-state index contributed by atoms with van der Waals surface area (Å²) >= 11 is 5.88. The summed E-state index contributed by atoms with van der Waals surface area (Å²) in [4.78, 5) is 38.1. The molecular formula is C33H30ClFN2O4. The van der Waals surface area contributed by atoms with Gasteiger partial charge in [0.2, 0.25) is 0 Å². The normalized spacial score (nSPS) is 11.9. The van der Waals surface area contributed by atoms with Crippen molar-refractivity contribution in [2.24, 2.45) is 0 Å². The second-order valence-corrected chi connectivity index (χ2v) is 11.1. The zero-order valence-electron chi connectivity index (χ0n) is 22.9. The van der Waals surface area contributed by atoms with Crippen LogP contribution in [0.5, 0.6) is 0 Å². The van der Waals surface area contributed by atoms with Crippen molar-refractivity contribution in [1.29, 1.82) is 0 Å². The van der Waals surface area contributed by atoms with E-state index in [-0.39, 0.29) is 34.0 Å². The highest BCUT2D eigenvalue weighted by Gasteiger charge is 2.23. The molecule has 210 valence electrons. The standard InChI is InChI=1S/C33H30ClFN2O4/c1-33(2,3)24-15-12-22(13-16-24)30(38)36-28-7-5-4-6-25(28)31(39)37-29(32(40)41)18-20-8-10-21(11-9-20)23-14-17-27(35)26(34)19-23/h4-17,19,29H,18H2,1-3H3,(H,36,38)(H,37,39)(H,40,41)/t29-/m0/s1. The molecule has 4 aromatic carbocycles. The average molecular weight is 573 g/mol. The molecule has 4 aromatic rings. The van der Waals surface area contributed by atoms with E-state index in [0.29, 0.717) is 11.1 Å². The predicted octanol–water partition coefficient (Wildman–Crippen LogP) is 7.12. The number of anilines is 1. The fraction of sp³-hybridized carbons (Fsp3) is 0.182. The average Bonchev–Trinajstić information content (AvgIpc) is 2.94. The molecule has 3 N–H and O–H groups in total. The zero-order chi connectivity index (χ0) is 29.7. The number of carboxylic acid groups (broad SMARTS) is 1. The van der Waals surface area contributed by atoms with Gasteiger partial charge >= 0.3 is 5.97 Å². The van der Waals surface area contributed by atoms with Crippen LogP contribution in [0.3, 0.4) is 0 Å². The van der Waals surface area contributed by atoms with Crippen LogP contribution >= 0.6 is 11.6 Å². The van der Waals surface area contributed by atoms with Gasteiger partial charge in [0.05, 0.1) is 16.3 Å². The molecule has 1 atom stereocenters. The number of rotatable bonds is 8. The van der Waals surface area contributed by atoms with E-state index < -0.39 is 23.7 Å². The van der Waals surface area contributed by atoms with Crippen LogP contribution in [0.2, 0.25) is 5.02 Å². The van der Waals surface area contributed by atoms with Crippen molar-refractivity contribution in [2.45, 2.75) is 38.6 Å². The van der Waals surface area contributed by atoms with E-state index in [1.165, 1.54) is 18.2 Å². The summed E-state index contributed by atoms with van der Waals surface area (Å²) in [5.41, 5.74) is 4.04. The smallest absolute Gasteiger partial charge is 0.326 e. The number of hydrogen-bond donors (Lipinski definition) is 3. The number of para-hydroxylation sites is 1. The summed E-state index contributed by atoms with van der Waals surface area (Å²) in [5.74, 6) is -2.73. The Bertz CT molecular complexity index is 1580. The topological polar surface area (TPSA) is 95.5 Å². The Morgan fingerprint density at radius 3 is 2.10 bits per heavy atom. The van der Waals surface area contributed by atoms with E-state index in [1.54, 1.807) is 60.7 Å². The molecule has 0 heterocycles. The second-order valence-electron chi connectivity index (χ2n) is 10.7. The molecule has 0 saturated heterocycles. The van der Waals surface area contributed by atoms with E-state index >= 15 is 0 Å². The highest BCUT2D eigenvalue weighted by molar-refractivity contribution is 6.31. The van der Waals surface area contributed by atoms with Crippen LogP contribution in [-0.4, -0.2) is 28.9 Å². The van der Waals surface area contributed by atoms with Gasteiger partial charge in [0.15, 0.2) is 0 Å². The third-order valence-corrected chi connectivity index (χ3v) is 6.97. The van der Waals surface area contributed by atoms with Gasteiger partial charge in [-0.05, 0) is 64.1 Å². The number of hydrogen-bond acceptors (Lipinski definition) is 3. The molecule has 8 heteroatoms. The summed E-state index contributed by atoms with van der Waals surface area (Å²) in [6.07, 6.45) is 0.0280. The Balaban J connectivity index is 1.46. The van der Waals surface area contributed by atoms with Crippen molar-refractivity contribution in [3.05, 3.63) is 124 Å². The van der Waals surface area contributed by atoms with Crippen LogP contribution in [0.15, 0.2) is 91.0 Å². The number of aliphatic carboxylic acids is 1. The molecule has 2 amide bonds. The number of benzene rings is 4. The van der Waals surface area contributed by atoms with Crippen molar-refractivity contribution in [1.82, 2.24) is 5.32 Å². The lowest BCUT2D eigenvalue weighted by Gasteiger charge is -2.19. The SMILES string of the molecule is CC(C)(C)c1ccc(C(=O)Nc2ccccc2C(=O)N[C@@H](Cc2ccc(-c3ccc(F)c(Cl)c3)cc2)C(=O)O)cc1. The minimum absolute atomic E-state index is 0.00939. The summed E-state index contributed by atoms with van der Waals surface area (Å²) in [6, 6.07) is 23.9. The molecular weight excluding hydrogens is 543 g/mol. The van der Waals surface area contributed by atoms with Gasteiger partial charge in [0.1, 0.15) is 11.9 Å². The Morgan fingerprint density at radius 1 is 0.854 bits per heavy atom. The van der Waals surface area contributed by atoms with Gasteiger partial charge in [-0.3, -0.25) is 9.59 Å². The number of amides is 2. The molecule has 6 nitrogen and oxygen atoms in total. The second kappa shape index (κ2) is 12.4. The molecule has 0 bridgehead atoms. The Kier molecular flexibility index (Phi) is 8.89. The maximum atomic E-state index is 13.5. The van der Waals surface area contributed by atoms with Crippen molar-refractivity contribution < 1.29 is 23.9 Å². The molecule has 0 aliphatic carbocycles. The minimum atomic E-state index is -1.22. The Morgan fingerprint density at radius 2 is 1.49 bits per heavy atom. The molecule has 0 radical (unpaired) electrons. The van der Waals surface area contributed by atoms with E-state index in [2.05, 4.69) is 31.4 Å². The highest BCUT2D eigenvalue weighted by atomic mass is 35.5. The fourth-order valence-electron chi connectivity index (χ4n) is 4.29. The number of halogens is 2. The van der Waals surface area contributed by atoms with Crippen LogP contribution in [0, 0.1) is 5.82 Å². The summed E-state index contributed by atoms with van der Waals surface area (Å²) in [7, 11) is 0. The number of carbonyl (C=O) groups excluding carboxylic acids is 2. The number of carbonyl (C=O) groups is 3. The molecule has 4 rings (SSSR count). The fourth-order valence-corrected chi connectivity index (χ4v) is 4.47.